The number of furan rings is 3. The van der Waals surface area contributed by atoms with E-state index in [9.17, 15) is 0 Å². The van der Waals surface area contributed by atoms with Gasteiger partial charge in [0.2, 0.25) is 0 Å². The van der Waals surface area contributed by atoms with Crippen LogP contribution in [0.3, 0.4) is 0 Å². The third kappa shape index (κ3) is 5.46. The van der Waals surface area contributed by atoms with Crippen LogP contribution < -0.4 is 4.90 Å². The molecule has 0 bridgehead atoms. The number of anilines is 3. The van der Waals surface area contributed by atoms with Crippen molar-refractivity contribution in [1.82, 2.24) is 0 Å². The number of para-hydroxylation sites is 3. The summed E-state index contributed by atoms with van der Waals surface area (Å²) < 4.78 is 20.3. The van der Waals surface area contributed by atoms with Crippen LogP contribution in [0.1, 0.15) is 86.1 Å². The Morgan fingerprint density at radius 3 is 1.61 bits per heavy atom. The van der Waals surface area contributed by atoms with Gasteiger partial charge in [0.05, 0.1) is 0 Å². The summed E-state index contributed by atoms with van der Waals surface area (Å²) in [6, 6.07) is 64.9. The number of nitrogens with zero attached hydrogens (tertiary/aromatic N) is 1. The topological polar surface area (TPSA) is 42.7 Å². The molecule has 4 nitrogen and oxygen atoms in total. The lowest BCUT2D eigenvalue weighted by molar-refractivity contribution is 0.600. The molecule has 3 aromatic heterocycles. The molecule has 0 spiro atoms. The van der Waals surface area contributed by atoms with E-state index in [4.69, 9.17) is 13.3 Å². The van der Waals surface area contributed by atoms with Crippen molar-refractivity contribution in [3.63, 3.8) is 0 Å². The molecule has 16 rings (SSSR count). The molecule has 4 heteroatoms. The maximum atomic E-state index is 7.01. The summed E-state index contributed by atoms with van der Waals surface area (Å²) in [5.41, 5.74) is 28.4. The zero-order valence-electron chi connectivity index (χ0n) is 43.4. The smallest absolute Gasteiger partial charge is 0.144 e. The molecule has 0 unspecified atom stereocenters. The molecular weight excluding hydrogens is 915 g/mol. The molecule has 10 aromatic carbocycles. The molecule has 75 heavy (non-hydrogen) atoms. The van der Waals surface area contributed by atoms with Crippen LogP contribution in [0.5, 0.6) is 0 Å². The van der Waals surface area contributed by atoms with Crippen molar-refractivity contribution in [3.8, 4) is 44.5 Å². The summed E-state index contributed by atoms with van der Waals surface area (Å²) in [7, 11) is 0. The lowest BCUT2D eigenvalue weighted by atomic mass is 9.72. The van der Waals surface area contributed by atoms with Gasteiger partial charge in [-0.15, -0.1) is 0 Å². The molecule has 0 atom stereocenters. The Morgan fingerprint density at radius 2 is 0.907 bits per heavy atom. The number of fused-ring (bicyclic) bond motifs is 22. The van der Waals surface area contributed by atoms with Gasteiger partial charge in [-0.1, -0.05) is 156 Å². The van der Waals surface area contributed by atoms with E-state index in [1.165, 1.54) is 94.0 Å². The molecule has 0 radical (unpaired) electrons. The van der Waals surface area contributed by atoms with E-state index in [2.05, 4.69) is 224 Å². The lowest BCUT2D eigenvalue weighted by Crippen LogP contribution is -2.24. The van der Waals surface area contributed by atoms with E-state index in [1.54, 1.807) is 0 Å². The Labute approximate surface area is 435 Å². The number of rotatable bonds is 4. The Balaban J connectivity index is 0.903. The maximum Gasteiger partial charge on any atom is 0.144 e. The average Bonchev–Trinajstić information content (AvgIpc) is 4.41. The average molecular weight is 968 g/mol. The zero-order chi connectivity index (χ0) is 50.6. The van der Waals surface area contributed by atoms with Gasteiger partial charge in [-0.05, 0) is 153 Å². The van der Waals surface area contributed by atoms with Gasteiger partial charge in [0, 0.05) is 76.8 Å². The molecule has 3 heterocycles. The van der Waals surface area contributed by atoms with Crippen molar-refractivity contribution >= 4 is 82.9 Å². The Bertz CT molecular complexity index is 4720. The van der Waals surface area contributed by atoms with Crippen LogP contribution in [-0.2, 0) is 16.2 Å². The number of aryl methyl sites for hydroxylation is 2. The molecule has 360 valence electrons. The highest BCUT2D eigenvalue weighted by Gasteiger charge is 2.49. The molecular formula is C71H53NO3. The summed E-state index contributed by atoms with van der Waals surface area (Å²) in [6.45, 7) is 19.0. The minimum atomic E-state index is -0.354. The van der Waals surface area contributed by atoms with E-state index in [0.29, 0.717) is 0 Å². The van der Waals surface area contributed by atoms with Crippen molar-refractivity contribution < 1.29 is 13.3 Å². The zero-order valence-corrected chi connectivity index (χ0v) is 43.4. The summed E-state index contributed by atoms with van der Waals surface area (Å²) in [5.74, 6) is 0. The summed E-state index contributed by atoms with van der Waals surface area (Å²) in [4.78, 5) is 2.51. The highest BCUT2D eigenvalue weighted by Crippen LogP contribution is 2.64. The normalized spacial score (nSPS) is 15.3. The van der Waals surface area contributed by atoms with E-state index in [-0.39, 0.29) is 16.2 Å². The minimum Gasteiger partial charge on any atom is -0.456 e. The van der Waals surface area contributed by atoms with Crippen molar-refractivity contribution in [2.75, 3.05) is 4.90 Å². The Kier molecular flexibility index (Phi) is 8.21. The van der Waals surface area contributed by atoms with Gasteiger partial charge in [0.25, 0.3) is 0 Å². The first-order valence-electron chi connectivity index (χ1n) is 26.5. The Morgan fingerprint density at radius 1 is 0.360 bits per heavy atom. The first-order valence-corrected chi connectivity index (χ1v) is 26.5. The number of benzene rings is 10. The Hall–Kier alpha value is -8.60. The third-order valence-electron chi connectivity index (χ3n) is 18.0. The molecule has 0 N–H and O–H groups in total. The van der Waals surface area contributed by atoms with Gasteiger partial charge in [0.15, 0.2) is 0 Å². The van der Waals surface area contributed by atoms with E-state index in [1.807, 2.05) is 12.1 Å². The predicted molar refractivity (Wildman–Crippen MR) is 311 cm³/mol. The van der Waals surface area contributed by atoms with Crippen LogP contribution in [0.4, 0.5) is 17.1 Å². The highest BCUT2D eigenvalue weighted by molar-refractivity contribution is 6.22. The van der Waals surface area contributed by atoms with Crippen LogP contribution in [-0.4, -0.2) is 0 Å². The minimum absolute atomic E-state index is 0.234. The molecule has 0 saturated carbocycles. The van der Waals surface area contributed by atoms with Gasteiger partial charge in [0.1, 0.15) is 33.5 Å². The first-order chi connectivity index (χ1) is 36.3. The van der Waals surface area contributed by atoms with E-state index < -0.39 is 0 Å². The first kappa shape index (κ1) is 42.9. The van der Waals surface area contributed by atoms with Gasteiger partial charge < -0.3 is 18.2 Å². The molecule has 13 aromatic rings. The lowest BCUT2D eigenvalue weighted by Gasteiger charge is -2.32. The third-order valence-corrected chi connectivity index (χ3v) is 18.0. The SMILES string of the molecule is Cc1ccc(N(c2ccc3c(c2)C(C)(C)c2cc(-c4ccc5oc6ccccc6c5c4)c4oc5ccccc5c4c2-3)c2ccc3c(c2)C(C)(C)c2c4c(c5oc6ccccc6c5c2-3)-c2ccccc2C4(C)C)c(C)c1. The van der Waals surface area contributed by atoms with Crippen molar-refractivity contribution in [2.45, 2.75) is 71.6 Å². The largest absolute Gasteiger partial charge is 0.456 e. The second kappa shape index (κ2) is 14.4. The molecule has 3 aliphatic carbocycles. The van der Waals surface area contributed by atoms with Gasteiger partial charge >= 0.3 is 0 Å². The molecule has 0 saturated heterocycles. The molecule has 0 amide bonds. The van der Waals surface area contributed by atoms with Gasteiger partial charge in [-0.3, -0.25) is 0 Å². The predicted octanol–water partition coefficient (Wildman–Crippen LogP) is 20.1. The van der Waals surface area contributed by atoms with Crippen LogP contribution in [0.2, 0.25) is 0 Å². The van der Waals surface area contributed by atoms with Crippen molar-refractivity contribution in [3.05, 3.63) is 220 Å². The fourth-order valence-electron chi connectivity index (χ4n) is 14.5. The molecule has 0 fully saturated rings. The van der Waals surface area contributed by atoms with Crippen molar-refractivity contribution in [1.29, 1.82) is 0 Å². The number of hydrogen-bond donors (Lipinski definition) is 0. The summed E-state index contributed by atoms with van der Waals surface area (Å²) in [5, 5.41) is 6.90. The fourth-order valence-corrected chi connectivity index (χ4v) is 14.5. The monoisotopic (exact) mass is 967 g/mol. The maximum absolute atomic E-state index is 7.01. The second-order valence-corrected chi connectivity index (χ2v) is 23.3. The standard InChI is InChI=1S/C71H53NO3/c1-38-25-31-55(39(2)33-38)72(42-28-30-46-53(36-42)71(7,8)65-61(46)63-48-20-12-16-24-58(48)75-68(63)64-44-18-9-13-21-51(44)70(5,6)66(64)65)41-27-29-45-52(35-41)69(3,4)54-37-49(67-62(60(45)54)47-19-11-15-23-57(47)74-67)40-26-32-59-50(34-40)43-17-10-14-22-56(43)73-59/h9-37H,1-8H3. The quantitative estimate of drug-likeness (QED) is 0.176. The summed E-state index contributed by atoms with van der Waals surface area (Å²) >= 11 is 0. The highest BCUT2D eigenvalue weighted by atomic mass is 16.3. The molecule has 3 aliphatic rings. The van der Waals surface area contributed by atoms with E-state index in [0.717, 1.165) is 77.8 Å². The van der Waals surface area contributed by atoms with Crippen LogP contribution >= 0.6 is 0 Å². The van der Waals surface area contributed by atoms with Crippen LogP contribution in [0, 0.1) is 13.8 Å². The second-order valence-electron chi connectivity index (χ2n) is 23.3. The van der Waals surface area contributed by atoms with E-state index >= 15 is 0 Å². The van der Waals surface area contributed by atoms with Gasteiger partial charge in [-0.2, -0.15) is 0 Å². The fraction of sp³-hybridized carbons (Fsp3) is 0.155. The van der Waals surface area contributed by atoms with Crippen LogP contribution in [0.25, 0.3) is 110 Å². The van der Waals surface area contributed by atoms with Gasteiger partial charge in [-0.25, -0.2) is 0 Å². The summed E-state index contributed by atoms with van der Waals surface area (Å²) in [6.07, 6.45) is 0. The van der Waals surface area contributed by atoms with Crippen LogP contribution in [0.15, 0.2) is 189 Å². The molecule has 0 aliphatic heterocycles. The van der Waals surface area contributed by atoms with Crippen molar-refractivity contribution in [2.24, 2.45) is 0 Å². The number of hydrogen-bond acceptors (Lipinski definition) is 4.